The van der Waals surface area contributed by atoms with Crippen LogP contribution in [0.2, 0.25) is 0 Å². The third kappa shape index (κ3) is 3.20. The predicted octanol–water partition coefficient (Wildman–Crippen LogP) is 2.64. The van der Waals surface area contributed by atoms with Crippen LogP contribution in [-0.2, 0) is 4.79 Å². The van der Waals surface area contributed by atoms with E-state index in [1.807, 2.05) is 31.2 Å². The number of benzene rings is 1. The number of hydrogen-bond acceptors (Lipinski definition) is 3. The van der Waals surface area contributed by atoms with Crippen LogP contribution in [0.5, 0.6) is 5.75 Å². The Bertz CT molecular complexity index is 490. The van der Waals surface area contributed by atoms with E-state index in [0.29, 0.717) is 11.3 Å². The van der Waals surface area contributed by atoms with Crippen LogP contribution < -0.4 is 4.74 Å². The number of carboxylic acid groups (broad SMARTS) is 1. The first-order chi connectivity index (χ1) is 8.63. The fraction of sp³-hybridized carbons (Fsp3) is 0.286. The quantitative estimate of drug-likeness (QED) is 0.814. The van der Waals surface area contributed by atoms with Gasteiger partial charge < -0.3 is 9.84 Å². The zero-order chi connectivity index (χ0) is 13.5. The molecule has 1 rings (SSSR count). The average Bonchev–Trinajstić information content (AvgIpc) is 2.38. The Hall–Kier alpha value is -2.10. The number of allylic oxidation sites excluding steroid dienone is 1. The number of ether oxygens (including phenoxy) is 1. The molecule has 0 heterocycles. The van der Waals surface area contributed by atoms with E-state index in [2.05, 4.69) is 4.99 Å². The van der Waals surface area contributed by atoms with Crippen molar-refractivity contribution in [2.24, 2.45) is 4.99 Å². The lowest BCUT2D eigenvalue weighted by Crippen LogP contribution is -2.15. The number of hydrogen-bond donors (Lipinski definition) is 1. The third-order valence-corrected chi connectivity index (χ3v) is 2.47. The molecule has 4 nitrogen and oxygen atoms in total. The zero-order valence-electron chi connectivity index (χ0n) is 10.8. The minimum absolute atomic E-state index is 0.0603. The topological polar surface area (TPSA) is 58.9 Å². The Morgan fingerprint density at radius 3 is 2.72 bits per heavy atom. The fourth-order valence-electron chi connectivity index (χ4n) is 1.68. The second kappa shape index (κ2) is 6.59. The van der Waals surface area contributed by atoms with Gasteiger partial charge in [-0.25, -0.2) is 4.79 Å². The highest BCUT2D eigenvalue weighted by atomic mass is 16.5. The Kier molecular flexibility index (Phi) is 5.11. The molecule has 1 aromatic carbocycles. The van der Waals surface area contributed by atoms with Crippen LogP contribution in [-0.4, -0.2) is 30.9 Å². The van der Waals surface area contributed by atoms with Gasteiger partial charge in [-0.1, -0.05) is 25.1 Å². The smallest absolute Gasteiger partial charge is 0.354 e. The van der Waals surface area contributed by atoms with Crippen LogP contribution in [0.4, 0.5) is 0 Å². The van der Waals surface area contributed by atoms with Crippen molar-refractivity contribution in [3.8, 4) is 5.75 Å². The Morgan fingerprint density at radius 2 is 2.22 bits per heavy atom. The normalized spacial score (nSPS) is 12.4. The standard InChI is InChI=1S/C14H17NO3/c1-4-6-12(13(15-2)14(16)17)10-7-5-8-11(9-10)18-3/h5-9H,4H2,1-3H3,(H,16,17)/b12-6-,15-13?. The molecule has 0 aromatic heterocycles. The SMILES string of the molecule is CC/C=C(\C(=NC)C(=O)O)c1cccc(OC)c1. The molecule has 0 aliphatic rings. The van der Waals surface area contributed by atoms with Gasteiger partial charge in [-0.05, 0) is 24.1 Å². The van der Waals surface area contributed by atoms with Gasteiger partial charge in [-0.2, -0.15) is 0 Å². The van der Waals surface area contributed by atoms with Crippen molar-refractivity contribution in [3.63, 3.8) is 0 Å². The van der Waals surface area contributed by atoms with E-state index < -0.39 is 5.97 Å². The highest BCUT2D eigenvalue weighted by Crippen LogP contribution is 2.22. The summed E-state index contributed by atoms with van der Waals surface area (Å²) in [7, 11) is 3.06. The van der Waals surface area contributed by atoms with E-state index in [0.717, 1.165) is 12.0 Å². The van der Waals surface area contributed by atoms with Gasteiger partial charge in [0, 0.05) is 12.6 Å². The summed E-state index contributed by atoms with van der Waals surface area (Å²) in [5.74, 6) is -0.338. The Balaban J connectivity index is 3.28. The predicted molar refractivity (Wildman–Crippen MR) is 72.3 cm³/mol. The number of carboxylic acids is 1. The zero-order valence-corrected chi connectivity index (χ0v) is 10.8. The van der Waals surface area contributed by atoms with Gasteiger partial charge >= 0.3 is 5.97 Å². The van der Waals surface area contributed by atoms with Gasteiger partial charge in [0.25, 0.3) is 0 Å². The average molecular weight is 247 g/mol. The first kappa shape index (κ1) is 14.0. The molecule has 18 heavy (non-hydrogen) atoms. The number of rotatable bonds is 5. The molecule has 0 spiro atoms. The minimum atomic E-state index is -1.03. The molecular formula is C14H17NO3. The molecule has 96 valence electrons. The fourth-order valence-corrected chi connectivity index (χ4v) is 1.68. The van der Waals surface area contributed by atoms with E-state index in [4.69, 9.17) is 9.84 Å². The summed E-state index contributed by atoms with van der Waals surface area (Å²) in [6, 6.07) is 7.29. The molecule has 0 saturated heterocycles. The van der Waals surface area contributed by atoms with Crippen LogP contribution in [0.25, 0.3) is 5.57 Å². The van der Waals surface area contributed by atoms with Crippen molar-refractivity contribution in [3.05, 3.63) is 35.9 Å². The van der Waals surface area contributed by atoms with E-state index in [1.54, 1.807) is 13.2 Å². The van der Waals surface area contributed by atoms with Crippen molar-refractivity contribution >= 4 is 17.3 Å². The molecule has 1 aromatic rings. The third-order valence-electron chi connectivity index (χ3n) is 2.47. The molecular weight excluding hydrogens is 230 g/mol. The Morgan fingerprint density at radius 1 is 1.50 bits per heavy atom. The number of aliphatic imine (C=N–C) groups is 1. The first-order valence-electron chi connectivity index (χ1n) is 5.69. The molecule has 0 saturated carbocycles. The number of carbonyl (C=O) groups is 1. The van der Waals surface area contributed by atoms with Crippen molar-refractivity contribution in [1.29, 1.82) is 0 Å². The highest BCUT2D eigenvalue weighted by Gasteiger charge is 2.16. The summed E-state index contributed by atoms with van der Waals surface area (Å²) in [6.45, 7) is 1.95. The van der Waals surface area contributed by atoms with Crippen LogP contribution in [0, 0.1) is 0 Å². The minimum Gasteiger partial charge on any atom is -0.497 e. The second-order valence-corrected chi connectivity index (χ2v) is 3.64. The van der Waals surface area contributed by atoms with Crippen LogP contribution >= 0.6 is 0 Å². The van der Waals surface area contributed by atoms with E-state index in [9.17, 15) is 4.79 Å². The number of nitrogens with zero attached hydrogens (tertiary/aromatic N) is 1. The summed E-state index contributed by atoms with van der Waals surface area (Å²) in [5.41, 5.74) is 1.47. The van der Waals surface area contributed by atoms with Gasteiger partial charge in [0.2, 0.25) is 0 Å². The van der Waals surface area contributed by atoms with Gasteiger partial charge in [-0.3, -0.25) is 4.99 Å². The monoisotopic (exact) mass is 247 g/mol. The van der Waals surface area contributed by atoms with Gasteiger partial charge in [0.15, 0.2) is 0 Å². The lowest BCUT2D eigenvalue weighted by atomic mass is 9.99. The first-order valence-corrected chi connectivity index (χ1v) is 5.69. The summed E-state index contributed by atoms with van der Waals surface area (Å²) < 4.78 is 5.14. The van der Waals surface area contributed by atoms with E-state index in [-0.39, 0.29) is 5.71 Å². The molecule has 0 radical (unpaired) electrons. The largest absolute Gasteiger partial charge is 0.497 e. The Labute approximate surface area is 107 Å². The highest BCUT2D eigenvalue weighted by molar-refractivity contribution is 6.53. The molecule has 0 atom stereocenters. The maximum Gasteiger partial charge on any atom is 0.354 e. The lowest BCUT2D eigenvalue weighted by molar-refractivity contribution is -0.129. The second-order valence-electron chi connectivity index (χ2n) is 3.64. The van der Waals surface area contributed by atoms with Crippen LogP contribution in [0.15, 0.2) is 35.3 Å². The van der Waals surface area contributed by atoms with Crippen molar-refractivity contribution in [1.82, 2.24) is 0 Å². The summed E-state index contributed by atoms with van der Waals surface area (Å²) in [4.78, 5) is 15.0. The number of aliphatic carboxylic acids is 1. The molecule has 0 aliphatic carbocycles. The summed E-state index contributed by atoms with van der Waals surface area (Å²) in [6.07, 6.45) is 2.59. The van der Waals surface area contributed by atoms with Crippen molar-refractivity contribution < 1.29 is 14.6 Å². The number of methoxy groups -OCH3 is 1. The van der Waals surface area contributed by atoms with Crippen LogP contribution in [0.3, 0.4) is 0 Å². The van der Waals surface area contributed by atoms with E-state index >= 15 is 0 Å². The maximum absolute atomic E-state index is 11.2. The van der Waals surface area contributed by atoms with Crippen molar-refractivity contribution in [2.75, 3.05) is 14.2 Å². The summed E-state index contributed by atoms with van der Waals surface area (Å²) >= 11 is 0. The molecule has 0 amide bonds. The lowest BCUT2D eigenvalue weighted by Gasteiger charge is -2.09. The van der Waals surface area contributed by atoms with Gasteiger partial charge in [-0.15, -0.1) is 0 Å². The maximum atomic E-state index is 11.2. The van der Waals surface area contributed by atoms with Crippen LogP contribution in [0.1, 0.15) is 18.9 Å². The van der Waals surface area contributed by atoms with Gasteiger partial charge in [0.05, 0.1) is 7.11 Å². The molecule has 0 fully saturated rings. The molecule has 1 N–H and O–H groups in total. The molecule has 0 unspecified atom stereocenters. The molecule has 0 bridgehead atoms. The van der Waals surface area contributed by atoms with Gasteiger partial charge in [0.1, 0.15) is 11.5 Å². The molecule has 4 heteroatoms. The van der Waals surface area contributed by atoms with Crippen molar-refractivity contribution in [2.45, 2.75) is 13.3 Å². The molecule has 0 aliphatic heterocycles. The summed E-state index contributed by atoms with van der Waals surface area (Å²) in [5, 5.41) is 9.16. The van der Waals surface area contributed by atoms with E-state index in [1.165, 1.54) is 7.05 Å².